The second-order valence-electron chi connectivity index (χ2n) is 17.0. The number of carbonyl (C=O) groups is 2. The molecule has 6 aromatic heterocycles. The van der Waals surface area contributed by atoms with E-state index in [4.69, 9.17) is 21.4 Å². The molecule has 2 saturated heterocycles. The molecular weight excluding hydrogens is 796 g/mol. The number of aryl methyl sites for hydroxylation is 4. The first kappa shape index (κ1) is 41.9. The van der Waals surface area contributed by atoms with Gasteiger partial charge in [0.25, 0.3) is 11.8 Å². The lowest BCUT2D eigenvalue weighted by Crippen LogP contribution is -2.45. The maximum Gasteiger partial charge on any atom is 0.254 e. The molecule has 63 heavy (non-hydrogen) atoms. The van der Waals surface area contributed by atoms with Crippen LogP contribution in [0.15, 0.2) is 79.1 Å². The van der Waals surface area contributed by atoms with Crippen molar-refractivity contribution in [2.45, 2.75) is 85.2 Å². The normalized spacial score (nSPS) is 19.1. The quantitative estimate of drug-likeness (QED) is 0.170. The van der Waals surface area contributed by atoms with Gasteiger partial charge in [0, 0.05) is 98.7 Å². The third-order valence-electron chi connectivity index (χ3n) is 13.1. The molecule has 326 valence electrons. The number of nitrogens with two attached hydrogens (primary N) is 2. The van der Waals surface area contributed by atoms with Crippen LogP contribution >= 0.6 is 0 Å². The monoisotopic (exact) mass is 850 g/mol. The molecule has 15 heteroatoms. The Hall–Kier alpha value is -6.45. The molecule has 0 saturated carbocycles. The number of amides is 2. The van der Waals surface area contributed by atoms with Crippen molar-refractivity contribution < 1.29 is 14.0 Å². The van der Waals surface area contributed by atoms with Gasteiger partial charge >= 0.3 is 0 Å². The topological polar surface area (TPSA) is 164 Å². The van der Waals surface area contributed by atoms with Gasteiger partial charge in [-0.25, -0.2) is 24.3 Å². The van der Waals surface area contributed by atoms with E-state index in [1.165, 1.54) is 6.07 Å². The predicted octanol–water partition coefficient (Wildman–Crippen LogP) is 7.21. The first-order valence-corrected chi connectivity index (χ1v) is 22.1. The summed E-state index contributed by atoms with van der Waals surface area (Å²) in [6.45, 7) is 14.2. The second-order valence-corrected chi connectivity index (χ2v) is 17.0. The third kappa shape index (κ3) is 7.22. The lowest BCUT2D eigenvalue weighted by Gasteiger charge is -2.30. The molecule has 2 amide bonds. The van der Waals surface area contributed by atoms with Crippen molar-refractivity contribution in [2.24, 2.45) is 24.4 Å². The average Bonchev–Trinajstić information content (AvgIpc) is 4.10. The molecule has 8 aromatic rings. The molecule has 2 aliphatic heterocycles. The lowest BCUT2D eigenvalue weighted by molar-refractivity contribution is 0.0707. The molecule has 2 aliphatic rings. The molecule has 8 heterocycles. The van der Waals surface area contributed by atoms with Crippen LogP contribution in [0.2, 0.25) is 0 Å². The van der Waals surface area contributed by atoms with Crippen molar-refractivity contribution in [3.8, 4) is 23.0 Å². The number of benzene rings is 2. The van der Waals surface area contributed by atoms with E-state index in [0.29, 0.717) is 66.6 Å². The predicted molar refractivity (Wildman–Crippen MR) is 246 cm³/mol. The molecule has 14 nitrogen and oxygen atoms in total. The van der Waals surface area contributed by atoms with Crippen molar-refractivity contribution in [2.75, 3.05) is 19.6 Å². The highest BCUT2D eigenvalue weighted by atomic mass is 19.1. The van der Waals surface area contributed by atoms with E-state index in [1.54, 1.807) is 17.2 Å². The van der Waals surface area contributed by atoms with Crippen LogP contribution in [-0.2, 0) is 26.7 Å². The number of piperidine rings is 1. The van der Waals surface area contributed by atoms with E-state index in [0.717, 1.165) is 69.7 Å². The number of fused-ring (bicyclic) bond motifs is 4. The summed E-state index contributed by atoms with van der Waals surface area (Å²) in [7, 11) is 2.01. The largest absolute Gasteiger partial charge is 0.337 e. The number of nitrogens with zero attached hydrogens (tertiary/aromatic N) is 10. The van der Waals surface area contributed by atoms with Gasteiger partial charge in [0.2, 0.25) is 0 Å². The zero-order valence-electron chi connectivity index (χ0n) is 36.8. The fourth-order valence-corrected chi connectivity index (χ4v) is 9.68. The number of hydrogen-bond donors (Lipinski definition) is 2. The van der Waals surface area contributed by atoms with E-state index in [1.807, 2.05) is 79.0 Å². The van der Waals surface area contributed by atoms with Gasteiger partial charge in [-0.15, -0.1) is 0 Å². The van der Waals surface area contributed by atoms with Gasteiger partial charge in [-0.05, 0) is 113 Å². The number of aromatic nitrogens is 8. The van der Waals surface area contributed by atoms with E-state index in [-0.39, 0.29) is 29.9 Å². The zero-order chi connectivity index (χ0) is 44.3. The Bertz CT molecular complexity index is 3030. The molecule has 4 N–H and O–H groups in total. The maximum atomic E-state index is 15.3. The lowest BCUT2D eigenvalue weighted by atomic mass is 10.0. The summed E-state index contributed by atoms with van der Waals surface area (Å²) >= 11 is 0. The highest BCUT2D eigenvalue weighted by Gasteiger charge is 2.37. The summed E-state index contributed by atoms with van der Waals surface area (Å²) < 4.78 is 23.6. The molecule has 4 atom stereocenters. The Balaban J connectivity index is 0.000000160. The molecule has 0 aliphatic carbocycles. The number of rotatable bonds is 7. The molecule has 1 unspecified atom stereocenters. The van der Waals surface area contributed by atoms with E-state index >= 15 is 4.39 Å². The highest BCUT2D eigenvalue weighted by molar-refractivity contribution is 5.99. The molecule has 2 fully saturated rings. The number of halogens is 1. The number of pyridine rings is 2. The summed E-state index contributed by atoms with van der Waals surface area (Å²) in [4.78, 5) is 48.6. The maximum absolute atomic E-state index is 15.3. The Labute approximate surface area is 365 Å². The SMILES string of the molecule is CCn1c(-c2nc3cc(C(=O)N4CCC[C@@H](N)C4)cc(F)c3n2CC)cc2cccnc21.CCn1c(-c2nc3cc(C(=O)N4C[C@@H](C)C(N)[C@H]4C)ccc3n2C)cc2cccnc21. The number of hydrogen-bond acceptors (Lipinski definition) is 8. The van der Waals surface area contributed by atoms with Crippen molar-refractivity contribution in [1.29, 1.82) is 0 Å². The van der Waals surface area contributed by atoms with Gasteiger partial charge in [0.05, 0.1) is 27.9 Å². The van der Waals surface area contributed by atoms with Crippen molar-refractivity contribution in [1.82, 2.24) is 48.0 Å². The van der Waals surface area contributed by atoms with Crippen molar-refractivity contribution in [3.05, 3.63) is 96.1 Å². The van der Waals surface area contributed by atoms with E-state index in [2.05, 4.69) is 56.6 Å². The Morgan fingerprint density at radius 1 is 0.746 bits per heavy atom. The van der Waals surface area contributed by atoms with Crippen LogP contribution in [0.1, 0.15) is 68.2 Å². The summed E-state index contributed by atoms with van der Waals surface area (Å²) in [6, 6.07) is 20.9. The van der Waals surface area contributed by atoms with Crippen molar-refractivity contribution >= 4 is 55.9 Å². The Kier molecular flexibility index (Phi) is 11.1. The molecule has 0 spiro atoms. The molecule has 2 aromatic carbocycles. The van der Waals surface area contributed by atoms with Crippen LogP contribution in [0.25, 0.3) is 67.2 Å². The number of imidazole rings is 2. The highest BCUT2D eigenvalue weighted by Crippen LogP contribution is 2.33. The molecule has 10 rings (SSSR count). The summed E-state index contributed by atoms with van der Waals surface area (Å²) in [6.07, 6.45) is 5.35. The molecular formula is C48H55FN12O2. The number of likely N-dealkylation sites (tertiary alicyclic amines) is 2. The first-order valence-electron chi connectivity index (χ1n) is 22.1. The minimum absolute atomic E-state index is 0.0127. The summed E-state index contributed by atoms with van der Waals surface area (Å²) in [5.74, 6) is 1.22. The first-order chi connectivity index (χ1) is 30.4. The van der Waals surface area contributed by atoms with Crippen LogP contribution in [0.4, 0.5) is 4.39 Å². The van der Waals surface area contributed by atoms with Crippen LogP contribution in [0.3, 0.4) is 0 Å². The van der Waals surface area contributed by atoms with Gasteiger partial charge in [-0.2, -0.15) is 0 Å². The van der Waals surface area contributed by atoms with E-state index < -0.39 is 5.82 Å². The van der Waals surface area contributed by atoms with E-state index in [9.17, 15) is 9.59 Å². The molecule has 0 radical (unpaired) electrons. The summed E-state index contributed by atoms with van der Waals surface area (Å²) in [5.41, 5.74) is 19.7. The third-order valence-corrected chi connectivity index (χ3v) is 13.1. The van der Waals surface area contributed by atoms with Crippen LogP contribution < -0.4 is 11.5 Å². The van der Waals surface area contributed by atoms with Crippen LogP contribution in [0, 0.1) is 11.7 Å². The minimum Gasteiger partial charge on any atom is -0.337 e. The minimum atomic E-state index is -0.440. The zero-order valence-corrected chi connectivity index (χ0v) is 36.8. The average molecular weight is 851 g/mol. The van der Waals surface area contributed by atoms with Gasteiger partial charge in [0.1, 0.15) is 22.6 Å². The Morgan fingerprint density at radius 3 is 1.97 bits per heavy atom. The van der Waals surface area contributed by atoms with Gasteiger partial charge in [-0.3, -0.25) is 9.59 Å². The van der Waals surface area contributed by atoms with Crippen molar-refractivity contribution in [3.63, 3.8) is 0 Å². The summed E-state index contributed by atoms with van der Waals surface area (Å²) in [5, 5.41) is 2.10. The fraction of sp³-hybridized carbons (Fsp3) is 0.375. The standard InChI is InChI=1S/C24H27FN6O.C24H28N6O/c1-3-30-20(13-15-7-5-9-27-22(15)30)23-28-19-12-16(11-18(25)21(19)31(23)4-2)24(32)29-10-6-8-17(26)14-29;1-5-29-20(12-16-7-6-10-26-22(16)29)23-27-18-11-17(8-9-19(18)28(23)4)24(31)30-13-14(2)21(25)15(30)3/h5,7,9,11-13,17H,3-4,6,8,10,14,26H2,1-2H3;6-12,14-15,21H,5,13,25H2,1-4H3/t17-;14-,15-,21?/m11/s1. The fourth-order valence-electron chi connectivity index (χ4n) is 9.68. The Morgan fingerprint density at radius 2 is 1.37 bits per heavy atom. The second kappa shape index (κ2) is 16.7. The molecule has 0 bridgehead atoms. The van der Waals surface area contributed by atoms with Crippen LogP contribution in [0.5, 0.6) is 0 Å². The number of carbonyl (C=O) groups excluding carboxylic acids is 2. The van der Waals surface area contributed by atoms with Gasteiger partial charge in [-0.1, -0.05) is 6.92 Å². The van der Waals surface area contributed by atoms with Gasteiger partial charge < -0.3 is 39.5 Å². The van der Waals surface area contributed by atoms with Crippen LogP contribution in [-0.4, -0.2) is 97.6 Å². The smallest absolute Gasteiger partial charge is 0.254 e. The van der Waals surface area contributed by atoms with Gasteiger partial charge in [0.15, 0.2) is 11.6 Å².